The lowest BCUT2D eigenvalue weighted by Crippen LogP contribution is -2.45. The molecule has 4 heteroatoms. The van der Waals surface area contributed by atoms with Crippen LogP contribution in [-0.2, 0) is 12.8 Å². The van der Waals surface area contributed by atoms with Crippen LogP contribution in [0, 0.1) is 0 Å². The molecule has 0 heterocycles. The fraction of sp³-hybridized carbons (Fsp3) is 0.368. The van der Waals surface area contributed by atoms with Gasteiger partial charge < -0.3 is 21.3 Å². The van der Waals surface area contributed by atoms with Crippen molar-refractivity contribution in [2.45, 2.75) is 37.1 Å². The first-order valence-corrected chi connectivity index (χ1v) is 8.12. The Bertz CT molecular complexity index is 632. The Hall–Kier alpha value is -1.72. The van der Waals surface area contributed by atoms with Gasteiger partial charge in [-0.1, -0.05) is 54.6 Å². The van der Waals surface area contributed by atoms with Crippen molar-refractivity contribution in [2.24, 2.45) is 5.73 Å². The average molecular weight is 312 g/mol. The molecule has 4 nitrogen and oxygen atoms in total. The number of benzene rings is 2. The topological polar surface area (TPSA) is 78.5 Å². The van der Waals surface area contributed by atoms with E-state index in [1.54, 1.807) is 0 Å². The first-order valence-electron chi connectivity index (χ1n) is 8.12. The number of hydrogen-bond donors (Lipinski definition) is 4. The number of aliphatic hydroxyl groups excluding tert-OH is 2. The second-order valence-electron chi connectivity index (χ2n) is 6.28. The predicted octanol–water partition coefficient (Wildman–Crippen LogP) is 1.17. The van der Waals surface area contributed by atoms with Crippen molar-refractivity contribution in [1.82, 2.24) is 5.32 Å². The molecule has 0 radical (unpaired) electrons. The van der Waals surface area contributed by atoms with Crippen molar-refractivity contribution in [3.05, 3.63) is 71.3 Å². The summed E-state index contributed by atoms with van der Waals surface area (Å²) < 4.78 is 0. The van der Waals surface area contributed by atoms with E-state index < -0.39 is 12.2 Å². The molecule has 2 unspecified atom stereocenters. The third kappa shape index (κ3) is 3.79. The van der Waals surface area contributed by atoms with E-state index in [4.69, 9.17) is 5.73 Å². The highest BCUT2D eigenvalue weighted by Crippen LogP contribution is 2.31. The second kappa shape index (κ2) is 7.23. The van der Waals surface area contributed by atoms with E-state index in [0.717, 1.165) is 11.1 Å². The highest BCUT2D eigenvalue weighted by molar-refractivity contribution is 5.36. The Kier molecular flexibility index (Phi) is 5.08. The summed E-state index contributed by atoms with van der Waals surface area (Å²) in [5.74, 6) is 0. The summed E-state index contributed by atoms with van der Waals surface area (Å²) in [6.45, 7) is 0.365. The zero-order valence-corrected chi connectivity index (χ0v) is 13.1. The van der Waals surface area contributed by atoms with Crippen LogP contribution >= 0.6 is 0 Å². The molecule has 1 aliphatic carbocycles. The molecular formula is C19H24N2O2. The van der Waals surface area contributed by atoms with E-state index >= 15 is 0 Å². The lowest BCUT2D eigenvalue weighted by atomic mass is 10.0. The Morgan fingerprint density at radius 2 is 1.78 bits per heavy atom. The molecule has 0 fully saturated rings. The molecule has 0 aliphatic heterocycles. The van der Waals surface area contributed by atoms with E-state index in [-0.39, 0.29) is 12.1 Å². The van der Waals surface area contributed by atoms with Gasteiger partial charge >= 0.3 is 0 Å². The van der Waals surface area contributed by atoms with Crippen molar-refractivity contribution >= 4 is 0 Å². The molecule has 4 atom stereocenters. The number of rotatable bonds is 6. The maximum Gasteiger partial charge on any atom is 0.0818 e. The number of aliphatic hydroxyl groups is 2. The van der Waals surface area contributed by atoms with E-state index in [2.05, 4.69) is 5.32 Å². The minimum Gasteiger partial charge on any atom is -0.391 e. The first kappa shape index (κ1) is 16.1. The summed E-state index contributed by atoms with van der Waals surface area (Å²) in [6, 6.07) is 17.5. The number of nitrogens with two attached hydrogens (primary N) is 1. The van der Waals surface area contributed by atoms with Gasteiger partial charge in [0.05, 0.1) is 18.2 Å². The quantitative estimate of drug-likeness (QED) is 0.645. The van der Waals surface area contributed by atoms with Gasteiger partial charge in [0, 0.05) is 19.0 Å². The maximum atomic E-state index is 10.3. The standard InChI is InChI=1S/C19H24N2O2/c20-16(10-13-6-2-1-3-7-13)18(23)12-21-19-15-9-5-4-8-14(15)11-17(19)22/h1-9,16-19,21-23H,10-12,20H2/t16-,17?,18+,19?/m0/s1. The van der Waals surface area contributed by atoms with Gasteiger partial charge in [-0.2, -0.15) is 0 Å². The minimum absolute atomic E-state index is 0.134. The molecule has 0 aromatic heterocycles. The Morgan fingerprint density at radius 1 is 1.09 bits per heavy atom. The summed E-state index contributed by atoms with van der Waals surface area (Å²) in [5, 5.41) is 23.8. The van der Waals surface area contributed by atoms with Gasteiger partial charge in [0.2, 0.25) is 0 Å². The summed E-state index contributed by atoms with van der Waals surface area (Å²) >= 11 is 0. The van der Waals surface area contributed by atoms with Crippen LogP contribution in [-0.4, -0.2) is 35.0 Å². The highest BCUT2D eigenvalue weighted by Gasteiger charge is 2.31. The molecule has 1 aliphatic rings. The summed E-state index contributed by atoms with van der Waals surface area (Å²) in [6.07, 6.45) is 0.174. The molecule has 2 aromatic carbocycles. The Balaban J connectivity index is 1.55. The Morgan fingerprint density at radius 3 is 2.57 bits per heavy atom. The van der Waals surface area contributed by atoms with E-state index in [1.807, 2.05) is 54.6 Å². The largest absolute Gasteiger partial charge is 0.391 e. The monoisotopic (exact) mass is 312 g/mol. The van der Waals surface area contributed by atoms with Crippen LogP contribution < -0.4 is 11.1 Å². The third-order valence-electron chi connectivity index (χ3n) is 4.56. The molecule has 2 aromatic rings. The number of nitrogens with one attached hydrogen (secondary N) is 1. The first-order chi connectivity index (χ1) is 11.1. The van der Waals surface area contributed by atoms with Gasteiger partial charge in [-0.15, -0.1) is 0 Å². The molecular weight excluding hydrogens is 288 g/mol. The molecule has 3 rings (SSSR count). The van der Waals surface area contributed by atoms with Crippen LogP contribution in [0.25, 0.3) is 0 Å². The van der Waals surface area contributed by atoms with Crippen molar-refractivity contribution < 1.29 is 10.2 Å². The summed E-state index contributed by atoms with van der Waals surface area (Å²) in [4.78, 5) is 0. The van der Waals surface area contributed by atoms with Gasteiger partial charge in [0.15, 0.2) is 0 Å². The SMILES string of the molecule is N[C@@H](Cc1ccccc1)[C@H](O)CNC1c2ccccc2CC1O. The van der Waals surface area contributed by atoms with Crippen molar-refractivity contribution in [2.75, 3.05) is 6.54 Å². The fourth-order valence-electron chi connectivity index (χ4n) is 3.24. The zero-order chi connectivity index (χ0) is 16.2. The summed E-state index contributed by atoms with van der Waals surface area (Å²) in [5.41, 5.74) is 9.51. The number of fused-ring (bicyclic) bond motifs is 1. The summed E-state index contributed by atoms with van der Waals surface area (Å²) in [7, 11) is 0. The maximum absolute atomic E-state index is 10.3. The molecule has 5 N–H and O–H groups in total. The van der Waals surface area contributed by atoms with E-state index in [1.165, 1.54) is 5.56 Å². The predicted molar refractivity (Wildman–Crippen MR) is 91.0 cm³/mol. The van der Waals surface area contributed by atoms with Gasteiger partial charge in [-0.3, -0.25) is 0 Å². The average Bonchev–Trinajstić information content (AvgIpc) is 2.88. The zero-order valence-electron chi connectivity index (χ0n) is 13.1. The highest BCUT2D eigenvalue weighted by atomic mass is 16.3. The van der Waals surface area contributed by atoms with Gasteiger partial charge in [-0.25, -0.2) is 0 Å². The van der Waals surface area contributed by atoms with Crippen LogP contribution in [0.5, 0.6) is 0 Å². The molecule has 0 spiro atoms. The van der Waals surface area contributed by atoms with E-state index in [0.29, 0.717) is 19.4 Å². The van der Waals surface area contributed by atoms with Crippen molar-refractivity contribution in [3.63, 3.8) is 0 Å². The van der Waals surface area contributed by atoms with Crippen LogP contribution in [0.1, 0.15) is 22.7 Å². The van der Waals surface area contributed by atoms with Crippen molar-refractivity contribution in [3.8, 4) is 0 Å². The van der Waals surface area contributed by atoms with Crippen LogP contribution in [0.3, 0.4) is 0 Å². The minimum atomic E-state index is -0.657. The molecule has 0 saturated carbocycles. The van der Waals surface area contributed by atoms with Crippen LogP contribution in [0.15, 0.2) is 54.6 Å². The number of hydrogen-bond acceptors (Lipinski definition) is 4. The Labute approximate surface area is 137 Å². The van der Waals surface area contributed by atoms with Crippen LogP contribution in [0.2, 0.25) is 0 Å². The van der Waals surface area contributed by atoms with E-state index in [9.17, 15) is 10.2 Å². The molecule has 23 heavy (non-hydrogen) atoms. The van der Waals surface area contributed by atoms with Gasteiger partial charge in [0.25, 0.3) is 0 Å². The van der Waals surface area contributed by atoms with Crippen LogP contribution in [0.4, 0.5) is 0 Å². The normalized spacial score (nSPS) is 22.6. The lowest BCUT2D eigenvalue weighted by molar-refractivity contribution is 0.108. The fourth-order valence-corrected chi connectivity index (χ4v) is 3.24. The molecule has 0 saturated heterocycles. The third-order valence-corrected chi connectivity index (χ3v) is 4.56. The molecule has 122 valence electrons. The van der Waals surface area contributed by atoms with Gasteiger partial charge in [-0.05, 0) is 23.1 Å². The molecule has 0 amide bonds. The smallest absolute Gasteiger partial charge is 0.0818 e. The molecule has 0 bridgehead atoms. The second-order valence-corrected chi connectivity index (χ2v) is 6.28. The van der Waals surface area contributed by atoms with Gasteiger partial charge in [0.1, 0.15) is 0 Å². The van der Waals surface area contributed by atoms with Crippen molar-refractivity contribution in [1.29, 1.82) is 0 Å². The lowest BCUT2D eigenvalue weighted by Gasteiger charge is -2.23.